The minimum Gasteiger partial charge on any atom is -0.478 e. The monoisotopic (exact) mass is 308 g/mol. The lowest BCUT2D eigenvalue weighted by Crippen LogP contribution is -2.27. The van der Waals surface area contributed by atoms with Gasteiger partial charge in [0.15, 0.2) is 0 Å². The molecular weight excluding hydrogens is 292 g/mol. The van der Waals surface area contributed by atoms with Crippen LogP contribution in [0, 0.1) is 0 Å². The molecule has 1 aromatic carbocycles. The summed E-state index contributed by atoms with van der Waals surface area (Å²) in [5, 5.41) is 27.9. The molecule has 0 aliphatic heterocycles. The molecule has 7 heteroatoms. The van der Waals surface area contributed by atoms with Crippen LogP contribution in [0.3, 0.4) is 0 Å². The number of carboxylic acids is 2. The highest BCUT2D eigenvalue weighted by Gasteiger charge is 2.29. The van der Waals surface area contributed by atoms with Gasteiger partial charge in [0, 0.05) is 12.0 Å². The number of ether oxygens (including phenoxy) is 1. The van der Waals surface area contributed by atoms with Crippen LogP contribution in [0.15, 0.2) is 30.9 Å². The van der Waals surface area contributed by atoms with Crippen molar-refractivity contribution in [3.63, 3.8) is 0 Å². The molecule has 118 valence electrons. The molecule has 1 aromatic rings. The summed E-state index contributed by atoms with van der Waals surface area (Å²) in [5.74, 6) is -4.44. The molecule has 0 fully saturated rings. The van der Waals surface area contributed by atoms with E-state index in [9.17, 15) is 24.6 Å². The van der Waals surface area contributed by atoms with E-state index in [2.05, 4.69) is 6.58 Å². The second-order valence-corrected chi connectivity index (χ2v) is 4.52. The number of carboxylic acid groups (broad SMARTS) is 2. The van der Waals surface area contributed by atoms with Crippen molar-refractivity contribution in [1.82, 2.24) is 0 Å². The summed E-state index contributed by atoms with van der Waals surface area (Å²) < 4.78 is 4.98. The van der Waals surface area contributed by atoms with Crippen LogP contribution in [-0.4, -0.2) is 45.9 Å². The first kappa shape index (κ1) is 17.4. The van der Waals surface area contributed by atoms with Crippen molar-refractivity contribution in [2.24, 2.45) is 0 Å². The van der Waals surface area contributed by atoms with E-state index in [1.54, 1.807) is 0 Å². The Balaban J connectivity index is 3.35. The van der Waals surface area contributed by atoms with Crippen LogP contribution in [-0.2, 0) is 9.53 Å². The van der Waals surface area contributed by atoms with E-state index in [0.29, 0.717) is 0 Å². The number of hydrogen-bond acceptors (Lipinski definition) is 5. The van der Waals surface area contributed by atoms with Gasteiger partial charge in [0.1, 0.15) is 6.10 Å². The maximum Gasteiger partial charge on any atom is 0.336 e. The second kappa shape index (κ2) is 7.37. The number of benzene rings is 1. The Hall–Kier alpha value is -2.67. The van der Waals surface area contributed by atoms with E-state index in [-0.39, 0.29) is 5.56 Å². The molecule has 3 N–H and O–H groups in total. The summed E-state index contributed by atoms with van der Waals surface area (Å²) in [6.07, 6.45) is 0.0779. The zero-order chi connectivity index (χ0) is 16.9. The Bertz CT molecular complexity index is 606. The number of aliphatic hydroxyl groups excluding tert-OH is 1. The first-order valence-corrected chi connectivity index (χ1v) is 6.36. The molecule has 0 heterocycles. The van der Waals surface area contributed by atoms with Crippen molar-refractivity contribution >= 4 is 17.9 Å². The number of aliphatic hydroxyl groups is 1. The van der Waals surface area contributed by atoms with Crippen LogP contribution < -0.4 is 0 Å². The Morgan fingerprint density at radius 3 is 2.36 bits per heavy atom. The van der Waals surface area contributed by atoms with Gasteiger partial charge in [-0.2, -0.15) is 0 Å². The lowest BCUT2D eigenvalue weighted by atomic mass is 9.88. The summed E-state index contributed by atoms with van der Waals surface area (Å²) in [5.41, 5.74) is -0.750. The number of carbonyl (C=O) groups is 3. The van der Waals surface area contributed by atoms with E-state index in [0.717, 1.165) is 12.1 Å². The van der Waals surface area contributed by atoms with Crippen molar-refractivity contribution in [1.29, 1.82) is 0 Å². The predicted molar refractivity (Wildman–Crippen MR) is 75.9 cm³/mol. The van der Waals surface area contributed by atoms with Gasteiger partial charge < -0.3 is 20.1 Å². The number of carbonyl (C=O) groups excluding carboxylic acids is 1. The smallest absolute Gasteiger partial charge is 0.336 e. The Morgan fingerprint density at radius 2 is 1.91 bits per heavy atom. The van der Waals surface area contributed by atoms with E-state index >= 15 is 0 Å². The lowest BCUT2D eigenvalue weighted by Gasteiger charge is -2.24. The van der Waals surface area contributed by atoms with Crippen LogP contribution in [0.4, 0.5) is 0 Å². The largest absolute Gasteiger partial charge is 0.478 e. The van der Waals surface area contributed by atoms with Crippen molar-refractivity contribution in [3.05, 3.63) is 47.5 Å². The third-order valence-corrected chi connectivity index (χ3v) is 3.17. The maximum absolute atomic E-state index is 11.4. The minimum atomic E-state index is -1.44. The van der Waals surface area contributed by atoms with Gasteiger partial charge in [-0.3, -0.25) is 0 Å². The third kappa shape index (κ3) is 3.70. The van der Waals surface area contributed by atoms with Gasteiger partial charge in [0.25, 0.3) is 0 Å². The van der Waals surface area contributed by atoms with Crippen LogP contribution in [0.5, 0.6) is 0 Å². The average Bonchev–Trinajstić information content (AvgIpc) is 2.47. The maximum atomic E-state index is 11.4. The number of aromatic carboxylic acids is 2. The molecule has 2 unspecified atom stereocenters. The molecule has 0 amide bonds. The predicted octanol–water partition coefficient (Wildman–Crippen LogP) is 1.28. The molecule has 0 spiro atoms. The van der Waals surface area contributed by atoms with Crippen molar-refractivity contribution in [2.75, 3.05) is 6.61 Å². The number of rotatable bonds is 7. The first-order chi connectivity index (χ1) is 10.3. The zero-order valence-electron chi connectivity index (χ0n) is 11.9. The van der Waals surface area contributed by atoms with Crippen molar-refractivity contribution in [3.8, 4) is 0 Å². The molecule has 0 bridgehead atoms. The van der Waals surface area contributed by atoms with E-state index < -0.39 is 47.7 Å². The molecule has 0 aromatic heterocycles. The summed E-state index contributed by atoms with van der Waals surface area (Å²) in [4.78, 5) is 33.8. The van der Waals surface area contributed by atoms with E-state index in [4.69, 9.17) is 9.84 Å². The fraction of sp³-hybridized carbons (Fsp3) is 0.267. The van der Waals surface area contributed by atoms with Crippen LogP contribution >= 0.6 is 0 Å². The Labute approximate surface area is 126 Å². The van der Waals surface area contributed by atoms with Crippen LogP contribution in [0.1, 0.15) is 39.1 Å². The fourth-order valence-electron chi connectivity index (χ4n) is 2.11. The normalized spacial score (nSPS) is 13.0. The second-order valence-electron chi connectivity index (χ2n) is 4.52. The highest BCUT2D eigenvalue weighted by atomic mass is 16.5. The molecule has 0 aliphatic carbocycles. The summed E-state index contributed by atoms with van der Waals surface area (Å²) in [6, 6.07) is 3.91. The van der Waals surface area contributed by atoms with E-state index in [1.165, 1.54) is 19.1 Å². The summed E-state index contributed by atoms with van der Waals surface area (Å²) >= 11 is 0. The van der Waals surface area contributed by atoms with Gasteiger partial charge in [-0.1, -0.05) is 18.7 Å². The molecule has 1 rings (SSSR count). The number of hydrogen-bond donors (Lipinski definition) is 3. The standard InChI is InChI=1S/C15H16O7/c1-3-12(17)22-8(2)11(7-16)9-5-4-6-10(14(18)19)13(9)15(20)21/h3-6,8,11,16H,1,7H2,2H3,(H,18,19)(H,20,21). The molecule has 2 atom stereocenters. The van der Waals surface area contributed by atoms with Crippen LogP contribution in [0.2, 0.25) is 0 Å². The average molecular weight is 308 g/mol. The minimum absolute atomic E-state index is 0.0827. The Morgan fingerprint density at radius 1 is 1.27 bits per heavy atom. The third-order valence-electron chi connectivity index (χ3n) is 3.17. The fourth-order valence-corrected chi connectivity index (χ4v) is 2.11. The SMILES string of the molecule is C=CC(=O)OC(C)C(CO)c1cccc(C(=O)O)c1C(=O)O. The zero-order valence-corrected chi connectivity index (χ0v) is 11.9. The lowest BCUT2D eigenvalue weighted by molar-refractivity contribution is -0.143. The quantitative estimate of drug-likeness (QED) is 0.512. The molecule has 0 aliphatic rings. The Kier molecular flexibility index (Phi) is 5.82. The van der Waals surface area contributed by atoms with Crippen molar-refractivity contribution < 1.29 is 34.4 Å². The summed E-state index contributed by atoms with van der Waals surface area (Å²) in [6.45, 7) is 4.20. The van der Waals surface area contributed by atoms with Crippen LogP contribution in [0.25, 0.3) is 0 Å². The first-order valence-electron chi connectivity index (χ1n) is 6.36. The van der Waals surface area contributed by atoms with Crippen molar-refractivity contribution in [2.45, 2.75) is 18.9 Å². The van der Waals surface area contributed by atoms with Gasteiger partial charge in [-0.25, -0.2) is 14.4 Å². The van der Waals surface area contributed by atoms with Gasteiger partial charge >= 0.3 is 17.9 Å². The van der Waals surface area contributed by atoms with Gasteiger partial charge in [0.05, 0.1) is 17.7 Å². The topological polar surface area (TPSA) is 121 Å². The molecule has 7 nitrogen and oxygen atoms in total. The molecule has 0 saturated heterocycles. The molecule has 0 radical (unpaired) electrons. The highest BCUT2D eigenvalue weighted by molar-refractivity contribution is 6.02. The summed E-state index contributed by atoms with van der Waals surface area (Å²) in [7, 11) is 0. The molecule has 0 saturated carbocycles. The molecular formula is C15H16O7. The van der Waals surface area contributed by atoms with Gasteiger partial charge in [-0.15, -0.1) is 0 Å². The van der Waals surface area contributed by atoms with E-state index in [1.807, 2.05) is 0 Å². The van der Waals surface area contributed by atoms with Gasteiger partial charge in [-0.05, 0) is 18.6 Å². The highest BCUT2D eigenvalue weighted by Crippen LogP contribution is 2.27. The molecule has 22 heavy (non-hydrogen) atoms. The number of esters is 1. The van der Waals surface area contributed by atoms with Gasteiger partial charge in [0.2, 0.25) is 0 Å².